The first-order valence-electron chi connectivity index (χ1n) is 20.3. The molecule has 53 heavy (non-hydrogen) atoms. The Bertz CT molecular complexity index is 1070. The van der Waals surface area contributed by atoms with Gasteiger partial charge in [-0.15, -0.1) is 0 Å². The average Bonchev–Trinajstić information content (AvgIpc) is 2.80. The Morgan fingerprint density at radius 2 is 0.377 bits per heavy atom. The summed E-state index contributed by atoms with van der Waals surface area (Å²) in [5.74, 6) is 0.144. The first-order chi connectivity index (χ1) is 24.1. The van der Waals surface area contributed by atoms with E-state index in [2.05, 4.69) is 83.1 Å². The molecule has 0 aromatic carbocycles. The highest BCUT2D eigenvalue weighted by Crippen LogP contribution is 2.52. The van der Waals surface area contributed by atoms with E-state index < -0.39 is 70.4 Å². The second-order valence-corrected chi connectivity index (χ2v) is 42.7. The Labute approximate surface area is 330 Å². The normalized spacial score (nSPS) is 40.9. The molecule has 4 aliphatic rings. The summed E-state index contributed by atoms with van der Waals surface area (Å²) in [5.41, 5.74) is 0. The third-order valence-electron chi connectivity index (χ3n) is 8.72. The van der Waals surface area contributed by atoms with Gasteiger partial charge >= 0.3 is 70.4 Å². The van der Waals surface area contributed by atoms with Crippen LogP contribution in [0.4, 0.5) is 0 Å². The van der Waals surface area contributed by atoms with E-state index in [1.165, 1.54) is 0 Å². The van der Waals surface area contributed by atoms with Crippen LogP contribution in [0.5, 0.6) is 0 Å². The van der Waals surface area contributed by atoms with E-state index in [1.54, 1.807) is 0 Å². The molecular weight excluding hydrogens is 817 g/mol. The summed E-state index contributed by atoms with van der Waals surface area (Å²) in [6, 6.07) is 2.54. The van der Waals surface area contributed by atoms with E-state index >= 15 is 0 Å². The first-order valence-corrected chi connectivity index (χ1v) is 35.8. The van der Waals surface area contributed by atoms with Gasteiger partial charge in [0.1, 0.15) is 0 Å². The van der Waals surface area contributed by atoms with Crippen molar-refractivity contribution in [1.29, 1.82) is 0 Å². The highest BCUT2D eigenvalue weighted by atomic mass is 28.6. The highest BCUT2D eigenvalue weighted by Gasteiger charge is 2.80. The predicted octanol–water partition coefficient (Wildman–Crippen LogP) is 7.97. The molecule has 0 amide bonds. The summed E-state index contributed by atoms with van der Waals surface area (Å²) in [6.45, 7) is 33.2. The lowest BCUT2D eigenvalue weighted by Gasteiger charge is -2.60. The van der Waals surface area contributed by atoms with Crippen LogP contribution in [0.25, 0.3) is 0 Å². The fourth-order valence-corrected chi connectivity index (χ4v) is 55.3. The van der Waals surface area contributed by atoms with E-state index in [4.69, 9.17) is 45.3 Å². The van der Waals surface area contributed by atoms with Crippen molar-refractivity contribution in [3.05, 3.63) is 0 Å². The summed E-state index contributed by atoms with van der Waals surface area (Å²) in [7, 11) is -33.2. The van der Waals surface area contributed by atoms with E-state index in [1.807, 2.05) is 27.7 Å². The number of rotatable bonds is 16. The molecule has 312 valence electrons. The molecule has 6 bridgehead atoms. The average molecular weight is 892 g/mol. The van der Waals surface area contributed by atoms with Crippen LogP contribution in [0.1, 0.15) is 111 Å². The van der Waals surface area contributed by atoms with E-state index in [0.29, 0.717) is 36.3 Å². The zero-order chi connectivity index (χ0) is 40.1. The van der Waals surface area contributed by atoms with E-state index in [-0.39, 0.29) is 59.4 Å². The Morgan fingerprint density at radius 3 is 0.509 bits per heavy atom. The van der Waals surface area contributed by atoms with Gasteiger partial charge in [-0.25, -0.2) is 0 Å². The molecule has 4 saturated heterocycles. The maximum Gasteiger partial charge on any atom is 0.483 e. The lowest BCUT2D eigenvalue weighted by Crippen LogP contribution is -2.85. The van der Waals surface area contributed by atoms with Crippen molar-refractivity contribution in [2.75, 3.05) is 0 Å². The molecule has 13 nitrogen and oxygen atoms in total. The molecule has 0 spiro atoms. The minimum absolute atomic E-state index is 0.00445. The molecule has 0 aromatic heterocycles. The Kier molecular flexibility index (Phi) is 15.1. The van der Waals surface area contributed by atoms with Crippen LogP contribution in [0.3, 0.4) is 0 Å². The fourth-order valence-electron chi connectivity index (χ4n) is 8.00. The Morgan fingerprint density at radius 1 is 0.245 bits per heavy atom. The van der Waals surface area contributed by atoms with Gasteiger partial charge in [0.15, 0.2) is 0 Å². The summed E-state index contributed by atoms with van der Waals surface area (Å²) in [4.78, 5) is 26.0. The van der Waals surface area contributed by atoms with Crippen LogP contribution >= 0.6 is 0 Å². The minimum atomic E-state index is -4.26. The molecule has 4 fully saturated rings. The van der Waals surface area contributed by atoms with Crippen molar-refractivity contribution in [3.8, 4) is 0 Å². The number of hydrogen-bond donors (Lipinski definition) is 2. The molecule has 4 aliphatic heterocycles. The van der Waals surface area contributed by atoms with Gasteiger partial charge in [0, 0.05) is 48.4 Å². The van der Waals surface area contributed by atoms with E-state index in [9.17, 15) is 9.59 Å². The van der Waals surface area contributed by atoms with Crippen LogP contribution in [0, 0.1) is 47.3 Å². The van der Waals surface area contributed by atoms with Gasteiger partial charge in [-0.3, -0.25) is 0 Å². The van der Waals surface area contributed by atoms with Crippen molar-refractivity contribution in [3.63, 3.8) is 0 Å². The lowest BCUT2D eigenvalue weighted by atomic mass is 10.3. The zero-order valence-corrected chi connectivity index (χ0v) is 43.7. The highest BCUT2D eigenvalue weighted by molar-refractivity contribution is 7.00. The molecular formula is C32H74O13Si8. The SMILES string of the molecule is CC(C)C[Si]1(O)O[Si]2(CC(C)C)O[Si]3(CC(C)C)O[Si](O)(CC(C)C)O[Si]4(CC(C)C)O[Si](CC(C)C)(O1)O[Si](CC(C)C)(O2)O[Si](CC(C)C)(O3)O4. The third kappa shape index (κ3) is 12.1. The maximum absolute atomic E-state index is 13.0. The fraction of sp³-hybridized carbons (Fsp3) is 1.00. The van der Waals surface area contributed by atoms with Crippen molar-refractivity contribution >= 4 is 70.4 Å². The molecule has 4 unspecified atom stereocenters. The monoisotopic (exact) mass is 890 g/mol. The van der Waals surface area contributed by atoms with Crippen LogP contribution in [0.2, 0.25) is 48.4 Å². The quantitative estimate of drug-likeness (QED) is 0.145. The third-order valence-corrected chi connectivity index (χ3v) is 46.8. The molecule has 21 heteroatoms. The second-order valence-electron chi connectivity index (χ2n) is 19.4. The van der Waals surface area contributed by atoms with Crippen molar-refractivity contribution in [2.45, 2.75) is 159 Å². The van der Waals surface area contributed by atoms with Gasteiger partial charge in [0.2, 0.25) is 0 Å². The van der Waals surface area contributed by atoms with Crippen molar-refractivity contribution in [2.24, 2.45) is 47.3 Å². The Hall–Kier alpha value is 1.22. The first kappa shape index (κ1) is 46.9. The number of hydrogen-bond acceptors (Lipinski definition) is 13. The summed E-state index contributed by atoms with van der Waals surface area (Å²) >= 11 is 0. The molecule has 4 rings (SSSR count). The molecule has 2 N–H and O–H groups in total. The van der Waals surface area contributed by atoms with Gasteiger partial charge in [0.05, 0.1) is 0 Å². The van der Waals surface area contributed by atoms with Gasteiger partial charge in [0.25, 0.3) is 0 Å². The number of fused-ring (bicyclic) bond motifs is 4. The topological polar surface area (TPSA) is 142 Å². The van der Waals surface area contributed by atoms with Gasteiger partial charge in [-0.2, -0.15) is 0 Å². The standard InChI is InChI=1S/C32H74O13Si8/c1-25(2)17-46(33)35-48(19-27(5)6)39-50(21-29(9)10)37-47(34,18-26(3)4)38-51(22-30(11)12)40-49(36-46,20-28(7)8)42-52(41-48,23-31(13)14)45-53(43-50,44-51)24-32(15)16/h25-34H,17-24H2,1-16H3. The zero-order valence-electron chi connectivity index (χ0n) is 35.7. The summed E-state index contributed by atoms with van der Waals surface area (Å²) in [6.07, 6.45) is 0. The maximum atomic E-state index is 13.0. The van der Waals surface area contributed by atoms with Crippen molar-refractivity contribution < 1.29 is 54.9 Å². The summed E-state index contributed by atoms with van der Waals surface area (Å²) < 4.78 is 82.0. The lowest BCUT2D eigenvalue weighted by molar-refractivity contribution is -0.0135. The molecule has 0 radical (unpaired) electrons. The van der Waals surface area contributed by atoms with Crippen molar-refractivity contribution in [1.82, 2.24) is 0 Å². The van der Waals surface area contributed by atoms with Gasteiger partial charge in [-0.1, -0.05) is 111 Å². The minimum Gasteiger partial charge on any atom is -0.391 e. The van der Waals surface area contributed by atoms with Gasteiger partial charge in [-0.05, 0) is 47.3 Å². The Balaban J connectivity index is 2.25. The van der Waals surface area contributed by atoms with Crippen LogP contribution in [-0.2, 0) is 45.3 Å². The van der Waals surface area contributed by atoms with Crippen LogP contribution < -0.4 is 0 Å². The molecule has 0 aliphatic carbocycles. The molecule has 0 aromatic rings. The smallest absolute Gasteiger partial charge is 0.391 e. The van der Waals surface area contributed by atoms with Gasteiger partial charge < -0.3 is 54.9 Å². The van der Waals surface area contributed by atoms with Crippen LogP contribution in [0.15, 0.2) is 0 Å². The molecule has 4 atom stereocenters. The van der Waals surface area contributed by atoms with E-state index in [0.717, 1.165) is 0 Å². The predicted molar refractivity (Wildman–Crippen MR) is 220 cm³/mol. The molecule has 4 heterocycles. The largest absolute Gasteiger partial charge is 0.483 e. The summed E-state index contributed by atoms with van der Waals surface area (Å²) in [5, 5.41) is 0. The van der Waals surface area contributed by atoms with Crippen LogP contribution in [-0.4, -0.2) is 80.0 Å². The molecule has 0 saturated carbocycles. The second kappa shape index (κ2) is 17.1.